The van der Waals surface area contributed by atoms with Gasteiger partial charge in [-0.05, 0) is 14.1 Å². The van der Waals surface area contributed by atoms with E-state index < -0.39 is 10.4 Å². The van der Waals surface area contributed by atoms with Crippen LogP contribution >= 0.6 is 0 Å². The first-order chi connectivity index (χ1) is 4.56. The zero-order valence-electron chi connectivity index (χ0n) is 5.68. The van der Waals surface area contributed by atoms with Crippen molar-refractivity contribution in [3.8, 4) is 0 Å². The summed E-state index contributed by atoms with van der Waals surface area (Å²) >= 11 is 0. The Morgan fingerprint density at radius 3 is 1.30 bits per heavy atom. The number of hydrogen-bond acceptors (Lipinski definition) is 6. The van der Waals surface area contributed by atoms with E-state index >= 15 is 0 Å². The Morgan fingerprint density at radius 1 is 1.20 bits per heavy atom. The lowest BCUT2D eigenvalue weighted by Gasteiger charge is -1.79. The second kappa shape index (κ2) is 11.5. The highest BCUT2D eigenvalue weighted by Crippen LogP contribution is 1.74. The molecule has 0 spiro atoms. The van der Waals surface area contributed by atoms with E-state index in [4.69, 9.17) is 18.2 Å². The van der Waals surface area contributed by atoms with Crippen molar-refractivity contribution in [1.82, 2.24) is 0 Å². The average molecular weight is 176 g/mol. The summed E-state index contributed by atoms with van der Waals surface area (Å²) in [5, 5.41) is 7.06. The predicted octanol–water partition coefficient (Wildman–Crippen LogP) is -1.57. The van der Waals surface area contributed by atoms with Crippen LogP contribution < -0.4 is 11.5 Å². The molecule has 0 bridgehead atoms. The molecule has 0 amide bonds. The van der Waals surface area contributed by atoms with Gasteiger partial charge in [-0.3, -0.25) is 4.55 Å². The van der Waals surface area contributed by atoms with Gasteiger partial charge in [0.1, 0.15) is 0 Å². The molecule has 0 saturated carbocycles. The van der Waals surface area contributed by atoms with Crippen LogP contribution in [0.1, 0.15) is 0 Å². The molecular formula is C2H12N2O5S. The molecule has 8 heteroatoms. The van der Waals surface area contributed by atoms with Gasteiger partial charge in [0.05, 0.1) is 0 Å². The molecule has 0 radical (unpaired) electrons. The highest BCUT2D eigenvalue weighted by Gasteiger charge is 1.97. The minimum absolute atomic E-state index is 1.50. The zero-order valence-corrected chi connectivity index (χ0v) is 6.50. The highest BCUT2D eigenvalue weighted by molar-refractivity contribution is 7.80. The first kappa shape index (κ1) is 16.4. The van der Waals surface area contributed by atoms with Gasteiger partial charge in [0.15, 0.2) is 0 Å². The first-order valence-electron chi connectivity index (χ1n) is 2.02. The summed E-state index contributed by atoms with van der Waals surface area (Å²) in [4.78, 5) is 0. The molecule has 10 heavy (non-hydrogen) atoms. The molecule has 6 N–H and O–H groups in total. The second-order valence-corrected chi connectivity index (χ2v) is 1.51. The minimum Gasteiger partial charge on any atom is -0.333 e. The fourth-order valence-corrected chi connectivity index (χ4v) is 0. The van der Waals surface area contributed by atoms with Crippen LogP contribution in [-0.4, -0.2) is 32.3 Å². The van der Waals surface area contributed by atoms with E-state index in [-0.39, 0.29) is 0 Å². The Bertz CT molecular complexity index is 120. The Morgan fingerprint density at radius 2 is 1.30 bits per heavy atom. The van der Waals surface area contributed by atoms with Gasteiger partial charge >= 0.3 is 10.4 Å². The van der Waals surface area contributed by atoms with E-state index in [9.17, 15) is 0 Å². The summed E-state index contributed by atoms with van der Waals surface area (Å²) in [6.45, 7) is 0. The standard InChI is InChI=1S/2CH5N.H2O5S/c2*1-2;1-5-6(2,3)4/h2*2H2,1H3;1H,(H,2,3,4). The van der Waals surface area contributed by atoms with Crippen molar-refractivity contribution in [2.75, 3.05) is 14.1 Å². The van der Waals surface area contributed by atoms with Crippen molar-refractivity contribution >= 4 is 10.4 Å². The maximum absolute atomic E-state index is 9.08. The second-order valence-electron chi connectivity index (χ2n) is 0.502. The first-order valence-corrected chi connectivity index (χ1v) is 3.38. The third-order valence-corrected chi connectivity index (χ3v) is 0.283. The lowest BCUT2D eigenvalue weighted by molar-refractivity contribution is -0.139. The van der Waals surface area contributed by atoms with Gasteiger partial charge in [-0.25, -0.2) is 5.26 Å². The summed E-state index contributed by atoms with van der Waals surface area (Å²) in [6, 6.07) is 0. The fraction of sp³-hybridized carbons (Fsp3) is 1.00. The molecule has 66 valence electrons. The Balaban J connectivity index is -0.000000105. The molecule has 0 saturated heterocycles. The largest absolute Gasteiger partial charge is 0.423 e. The van der Waals surface area contributed by atoms with Crippen LogP contribution in [0, 0.1) is 0 Å². The van der Waals surface area contributed by atoms with Crippen LogP contribution in [0.3, 0.4) is 0 Å². The van der Waals surface area contributed by atoms with Crippen molar-refractivity contribution in [3.05, 3.63) is 0 Å². The molecule has 0 aromatic carbocycles. The molecule has 0 aliphatic rings. The smallest absolute Gasteiger partial charge is 0.333 e. The van der Waals surface area contributed by atoms with Crippen molar-refractivity contribution in [2.24, 2.45) is 11.5 Å². The van der Waals surface area contributed by atoms with Crippen LogP contribution in [0.5, 0.6) is 0 Å². The van der Waals surface area contributed by atoms with E-state index in [1.807, 2.05) is 0 Å². The summed E-state index contributed by atoms with van der Waals surface area (Å²) in [6.07, 6.45) is 0. The van der Waals surface area contributed by atoms with Gasteiger partial charge in [0.25, 0.3) is 0 Å². The lowest BCUT2D eigenvalue weighted by Crippen LogP contribution is -1.97. The third-order valence-electron chi connectivity index (χ3n) is 0.0942. The SMILES string of the molecule is CN.CN.O=S(=O)(O)OO. The third kappa shape index (κ3) is 46.7. The van der Waals surface area contributed by atoms with Gasteiger partial charge in [-0.15, -0.1) is 0 Å². The molecule has 0 aromatic heterocycles. The quantitative estimate of drug-likeness (QED) is 0.215. The van der Waals surface area contributed by atoms with E-state index in [1.165, 1.54) is 14.1 Å². The van der Waals surface area contributed by atoms with Gasteiger partial charge in [0.2, 0.25) is 0 Å². The molecule has 0 fully saturated rings. The topological polar surface area (TPSA) is 136 Å². The van der Waals surface area contributed by atoms with Gasteiger partial charge in [-0.1, -0.05) is 4.33 Å². The normalized spacial score (nSPS) is 8.20. The molecule has 0 aromatic rings. The molecule has 0 aliphatic carbocycles. The molecule has 0 rings (SSSR count). The van der Waals surface area contributed by atoms with Crippen molar-refractivity contribution < 1.29 is 22.6 Å². The minimum atomic E-state index is -4.61. The molecule has 0 atom stereocenters. The fourth-order valence-electron chi connectivity index (χ4n) is 0. The van der Waals surface area contributed by atoms with Crippen LogP contribution in [0.25, 0.3) is 0 Å². The maximum atomic E-state index is 9.08. The van der Waals surface area contributed by atoms with E-state index in [0.29, 0.717) is 0 Å². The van der Waals surface area contributed by atoms with Gasteiger partial charge < -0.3 is 11.5 Å². The van der Waals surface area contributed by atoms with E-state index in [2.05, 4.69) is 15.8 Å². The van der Waals surface area contributed by atoms with Crippen molar-refractivity contribution in [1.29, 1.82) is 0 Å². The van der Waals surface area contributed by atoms with Crippen LogP contribution in [0.4, 0.5) is 0 Å². The van der Waals surface area contributed by atoms with Gasteiger partial charge in [-0.2, -0.15) is 8.42 Å². The molecule has 0 heterocycles. The van der Waals surface area contributed by atoms with Gasteiger partial charge in [0, 0.05) is 0 Å². The summed E-state index contributed by atoms with van der Waals surface area (Å²) in [5.41, 5.74) is 9.00. The Hall–Kier alpha value is -0.250. The average Bonchev–Trinajstić information content (AvgIpc) is 1.95. The van der Waals surface area contributed by atoms with Crippen LogP contribution in [-0.2, 0) is 14.7 Å². The Labute approximate surface area is 59.5 Å². The van der Waals surface area contributed by atoms with E-state index in [0.717, 1.165) is 0 Å². The number of hydrogen-bond donors (Lipinski definition) is 4. The van der Waals surface area contributed by atoms with Crippen molar-refractivity contribution in [3.63, 3.8) is 0 Å². The molecule has 0 unspecified atom stereocenters. The Kier molecular flexibility index (Phi) is 18.9. The molecular weight excluding hydrogens is 164 g/mol. The number of nitrogens with two attached hydrogens (primary N) is 2. The van der Waals surface area contributed by atoms with Crippen LogP contribution in [0.15, 0.2) is 0 Å². The number of rotatable bonds is 1. The van der Waals surface area contributed by atoms with E-state index in [1.54, 1.807) is 0 Å². The highest BCUT2D eigenvalue weighted by atomic mass is 32.3. The van der Waals surface area contributed by atoms with Crippen molar-refractivity contribution in [2.45, 2.75) is 0 Å². The summed E-state index contributed by atoms with van der Waals surface area (Å²) in [5.74, 6) is 0. The monoisotopic (exact) mass is 176 g/mol. The summed E-state index contributed by atoms with van der Waals surface area (Å²) in [7, 11) is -1.61. The van der Waals surface area contributed by atoms with Crippen LogP contribution in [0.2, 0.25) is 0 Å². The maximum Gasteiger partial charge on any atom is 0.423 e. The predicted molar refractivity (Wildman–Crippen MR) is 35.5 cm³/mol. The molecule has 0 aliphatic heterocycles. The summed E-state index contributed by atoms with van der Waals surface area (Å²) < 4.78 is 28.0. The lowest BCUT2D eigenvalue weighted by atomic mass is 11.6. The zero-order chi connectivity index (χ0) is 9.21. The molecule has 7 nitrogen and oxygen atoms in total.